The fraction of sp³-hybridized carbons (Fsp3) is 0.190. The average Bonchev–Trinajstić information content (AvgIpc) is 3.37. The number of ether oxygens (including phenoxy) is 2. The van der Waals surface area contributed by atoms with Crippen molar-refractivity contribution in [1.82, 2.24) is 5.01 Å². The summed E-state index contributed by atoms with van der Waals surface area (Å²) in [4.78, 5) is 1.21. The highest BCUT2D eigenvalue weighted by Crippen LogP contribution is 2.51. The summed E-state index contributed by atoms with van der Waals surface area (Å²) in [6, 6.07) is 16.5. The summed E-state index contributed by atoms with van der Waals surface area (Å²) in [5, 5.41) is 9.17. The van der Waals surface area contributed by atoms with Crippen LogP contribution in [0, 0.1) is 0 Å². The third-order valence-corrected chi connectivity index (χ3v) is 6.98. The van der Waals surface area contributed by atoms with Gasteiger partial charge in [-0.1, -0.05) is 22.0 Å². The first-order chi connectivity index (χ1) is 13.6. The maximum atomic E-state index is 6.47. The van der Waals surface area contributed by atoms with Crippen LogP contribution in [0.2, 0.25) is 0 Å². The average molecular weight is 520 g/mol. The molecule has 2 aliphatic rings. The third kappa shape index (κ3) is 3.06. The van der Waals surface area contributed by atoms with Gasteiger partial charge in [0.05, 0.1) is 28.2 Å². The Labute approximate surface area is 184 Å². The Hall–Kier alpha value is -1.83. The van der Waals surface area contributed by atoms with Crippen molar-refractivity contribution in [2.45, 2.75) is 18.7 Å². The zero-order valence-electron chi connectivity index (χ0n) is 14.9. The maximum Gasteiger partial charge on any atom is 0.213 e. The standard InChI is InChI=1S/C21H16Br2N2O2S/c1-26-14-6-4-12(5-7-14)21-25-18(11-17(24-25)19-3-2-8-28-19)15-9-13(22)10-16(23)20(15)27-21/h2-10,18,21H,11H2,1H3/t18-,21-/m1/s1. The summed E-state index contributed by atoms with van der Waals surface area (Å²) in [5.41, 5.74) is 3.29. The van der Waals surface area contributed by atoms with Gasteiger partial charge in [0, 0.05) is 22.0 Å². The first-order valence-electron chi connectivity index (χ1n) is 8.83. The van der Waals surface area contributed by atoms with E-state index < -0.39 is 0 Å². The lowest BCUT2D eigenvalue weighted by atomic mass is 9.97. The fourth-order valence-electron chi connectivity index (χ4n) is 3.69. The van der Waals surface area contributed by atoms with Gasteiger partial charge in [0.1, 0.15) is 11.5 Å². The Morgan fingerprint density at radius 2 is 2.00 bits per heavy atom. The van der Waals surface area contributed by atoms with Crippen molar-refractivity contribution in [3.05, 3.63) is 78.9 Å². The Bertz CT molecular complexity index is 1050. The molecule has 0 saturated carbocycles. The van der Waals surface area contributed by atoms with E-state index in [1.807, 2.05) is 30.3 Å². The van der Waals surface area contributed by atoms with Crippen LogP contribution < -0.4 is 9.47 Å². The highest BCUT2D eigenvalue weighted by atomic mass is 79.9. The Morgan fingerprint density at radius 3 is 2.71 bits per heavy atom. The number of hydrazone groups is 1. The van der Waals surface area contributed by atoms with Crippen molar-refractivity contribution < 1.29 is 9.47 Å². The summed E-state index contributed by atoms with van der Waals surface area (Å²) in [7, 11) is 1.67. The molecule has 7 heteroatoms. The first-order valence-corrected chi connectivity index (χ1v) is 11.3. The molecule has 0 spiro atoms. The van der Waals surface area contributed by atoms with Crippen LogP contribution in [0.3, 0.4) is 0 Å². The highest BCUT2D eigenvalue weighted by Gasteiger charge is 2.42. The lowest BCUT2D eigenvalue weighted by molar-refractivity contribution is -0.0197. The van der Waals surface area contributed by atoms with Crippen LogP contribution in [0.4, 0.5) is 0 Å². The minimum atomic E-state index is -0.293. The predicted molar refractivity (Wildman–Crippen MR) is 118 cm³/mol. The van der Waals surface area contributed by atoms with E-state index >= 15 is 0 Å². The van der Waals surface area contributed by atoms with E-state index in [0.717, 1.165) is 43.7 Å². The van der Waals surface area contributed by atoms with Gasteiger partial charge < -0.3 is 9.47 Å². The highest BCUT2D eigenvalue weighted by molar-refractivity contribution is 9.11. The second-order valence-corrected chi connectivity index (χ2v) is 9.39. The van der Waals surface area contributed by atoms with E-state index in [2.05, 4.69) is 60.4 Å². The van der Waals surface area contributed by atoms with Gasteiger partial charge >= 0.3 is 0 Å². The molecule has 0 amide bonds. The molecule has 4 nitrogen and oxygen atoms in total. The van der Waals surface area contributed by atoms with Gasteiger partial charge in [0.25, 0.3) is 0 Å². The molecule has 0 saturated heterocycles. The summed E-state index contributed by atoms with van der Waals surface area (Å²) < 4.78 is 13.7. The number of halogens is 2. The monoisotopic (exact) mass is 518 g/mol. The number of methoxy groups -OCH3 is 1. The van der Waals surface area contributed by atoms with Crippen LogP contribution in [0.5, 0.6) is 11.5 Å². The number of rotatable bonds is 3. The van der Waals surface area contributed by atoms with Crippen molar-refractivity contribution in [1.29, 1.82) is 0 Å². The third-order valence-electron chi connectivity index (χ3n) is 5.01. The van der Waals surface area contributed by atoms with E-state index in [1.165, 1.54) is 4.88 Å². The molecule has 0 aliphatic carbocycles. The van der Waals surface area contributed by atoms with Crippen molar-refractivity contribution in [3.8, 4) is 11.5 Å². The van der Waals surface area contributed by atoms with Crippen molar-refractivity contribution in [2.24, 2.45) is 5.10 Å². The second-order valence-electron chi connectivity index (χ2n) is 6.67. The molecule has 5 rings (SSSR count). The molecule has 0 fully saturated rings. The number of fused-ring (bicyclic) bond motifs is 3. The van der Waals surface area contributed by atoms with Crippen LogP contribution in [0.1, 0.15) is 34.7 Å². The van der Waals surface area contributed by atoms with Crippen molar-refractivity contribution in [3.63, 3.8) is 0 Å². The molecule has 1 aromatic heterocycles. The molecule has 0 N–H and O–H groups in total. The number of benzene rings is 2. The topological polar surface area (TPSA) is 34.1 Å². The summed E-state index contributed by atoms with van der Waals surface area (Å²) >= 11 is 9.01. The van der Waals surface area contributed by atoms with Gasteiger partial charge in [-0.3, -0.25) is 0 Å². The molecule has 2 aromatic carbocycles. The minimum absolute atomic E-state index is 0.127. The normalized spacial score (nSPS) is 20.2. The predicted octanol–water partition coefficient (Wildman–Crippen LogP) is 6.52. The Kier molecular flexibility index (Phi) is 4.69. The van der Waals surface area contributed by atoms with Crippen LogP contribution in [0.25, 0.3) is 0 Å². The van der Waals surface area contributed by atoms with E-state index in [-0.39, 0.29) is 12.3 Å². The van der Waals surface area contributed by atoms with Gasteiger partial charge in [-0.15, -0.1) is 11.3 Å². The first kappa shape index (κ1) is 18.2. The fourth-order valence-corrected chi connectivity index (χ4v) is 5.77. The van der Waals surface area contributed by atoms with Gasteiger partial charge in [-0.05, 0) is 63.8 Å². The second kappa shape index (κ2) is 7.21. The summed E-state index contributed by atoms with van der Waals surface area (Å²) in [5.74, 6) is 1.71. The molecule has 0 bridgehead atoms. The summed E-state index contributed by atoms with van der Waals surface area (Å²) in [6.07, 6.45) is 0.560. The summed E-state index contributed by atoms with van der Waals surface area (Å²) in [6.45, 7) is 0. The van der Waals surface area contributed by atoms with Crippen LogP contribution >= 0.6 is 43.2 Å². The number of hydrogen-bond donors (Lipinski definition) is 0. The molecule has 0 radical (unpaired) electrons. The van der Waals surface area contributed by atoms with Crippen LogP contribution in [-0.4, -0.2) is 17.8 Å². The molecule has 3 aromatic rings. The van der Waals surface area contributed by atoms with E-state index in [1.54, 1.807) is 18.4 Å². The van der Waals surface area contributed by atoms with Crippen molar-refractivity contribution in [2.75, 3.05) is 7.11 Å². The number of thiophene rings is 1. The Balaban J connectivity index is 1.62. The lowest BCUT2D eigenvalue weighted by Gasteiger charge is -2.38. The molecular weight excluding hydrogens is 504 g/mol. The molecule has 28 heavy (non-hydrogen) atoms. The van der Waals surface area contributed by atoms with E-state index in [9.17, 15) is 0 Å². The van der Waals surface area contributed by atoms with Gasteiger partial charge in [0.15, 0.2) is 0 Å². The van der Waals surface area contributed by atoms with Gasteiger partial charge in [-0.25, -0.2) is 5.01 Å². The Morgan fingerprint density at radius 1 is 1.18 bits per heavy atom. The maximum absolute atomic E-state index is 6.47. The molecule has 2 aliphatic heterocycles. The zero-order valence-corrected chi connectivity index (χ0v) is 18.9. The van der Waals surface area contributed by atoms with E-state index in [4.69, 9.17) is 14.6 Å². The lowest BCUT2D eigenvalue weighted by Crippen LogP contribution is -2.33. The molecule has 0 unspecified atom stereocenters. The van der Waals surface area contributed by atoms with Crippen molar-refractivity contribution >= 4 is 48.9 Å². The molecule has 3 heterocycles. The van der Waals surface area contributed by atoms with Gasteiger partial charge in [0.2, 0.25) is 6.23 Å². The SMILES string of the molecule is COc1ccc([C@H]2Oc3c(Br)cc(Br)cc3[C@H]3CC(c4cccs4)=NN32)cc1. The quantitative estimate of drug-likeness (QED) is 0.394. The van der Waals surface area contributed by atoms with Crippen LogP contribution in [-0.2, 0) is 0 Å². The number of nitrogens with zero attached hydrogens (tertiary/aromatic N) is 2. The molecular formula is C21H16Br2N2O2S. The van der Waals surface area contributed by atoms with E-state index in [0.29, 0.717) is 0 Å². The van der Waals surface area contributed by atoms with Crippen LogP contribution in [0.15, 0.2) is 68.0 Å². The minimum Gasteiger partial charge on any atom is -0.497 e. The smallest absolute Gasteiger partial charge is 0.213 e. The largest absolute Gasteiger partial charge is 0.497 e. The zero-order chi connectivity index (χ0) is 19.3. The molecule has 142 valence electrons. The number of hydrogen-bond acceptors (Lipinski definition) is 5. The molecule has 2 atom stereocenters. The van der Waals surface area contributed by atoms with Gasteiger partial charge in [-0.2, -0.15) is 5.10 Å².